The number of benzene rings is 1. The Kier molecular flexibility index (Phi) is 7.47. The molecule has 3 rings (SSSR count). The fourth-order valence-electron chi connectivity index (χ4n) is 4.16. The van der Waals surface area contributed by atoms with Gasteiger partial charge >= 0.3 is 0 Å². The molecule has 0 amide bonds. The standard InChI is InChI=1S/C22H36N2O/c1-2-3-4-8-16-24-17-12-20-19-21(10-11-22(20)24)25-18-9-15-23-13-6-5-7-14-23/h10-11,19H,2-9,12-18H2,1H3. The Morgan fingerprint density at radius 3 is 2.64 bits per heavy atom. The highest BCUT2D eigenvalue weighted by Crippen LogP contribution is 2.31. The molecule has 2 aliphatic heterocycles. The molecule has 0 spiro atoms. The number of rotatable bonds is 10. The average molecular weight is 345 g/mol. The SMILES string of the molecule is CCCCCCN1CCc2cc(OCCCN3CCCCC3)ccc21. The molecule has 140 valence electrons. The fraction of sp³-hybridized carbons (Fsp3) is 0.727. The zero-order valence-electron chi connectivity index (χ0n) is 16.1. The van der Waals surface area contributed by atoms with Crippen LogP contribution in [-0.4, -0.2) is 44.2 Å². The van der Waals surface area contributed by atoms with Crippen molar-refractivity contribution in [3.63, 3.8) is 0 Å². The first-order valence-corrected chi connectivity index (χ1v) is 10.6. The highest BCUT2D eigenvalue weighted by molar-refractivity contribution is 5.60. The van der Waals surface area contributed by atoms with Gasteiger partial charge in [0.15, 0.2) is 0 Å². The van der Waals surface area contributed by atoms with Crippen molar-refractivity contribution in [1.82, 2.24) is 4.90 Å². The normalized spacial score (nSPS) is 17.7. The van der Waals surface area contributed by atoms with Crippen LogP contribution in [0.25, 0.3) is 0 Å². The molecule has 2 heterocycles. The highest BCUT2D eigenvalue weighted by Gasteiger charge is 2.19. The molecule has 3 nitrogen and oxygen atoms in total. The summed E-state index contributed by atoms with van der Waals surface area (Å²) in [5.74, 6) is 1.06. The molecule has 0 aromatic heterocycles. The lowest BCUT2D eigenvalue weighted by Crippen LogP contribution is -2.31. The largest absolute Gasteiger partial charge is 0.494 e. The molecule has 1 fully saturated rings. The van der Waals surface area contributed by atoms with Crippen molar-refractivity contribution in [3.05, 3.63) is 23.8 Å². The highest BCUT2D eigenvalue weighted by atomic mass is 16.5. The maximum atomic E-state index is 6.03. The summed E-state index contributed by atoms with van der Waals surface area (Å²) in [7, 11) is 0. The third-order valence-electron chi connectivity index (χ3n) is 5.66. The summed E-state index contributed by atoms with van der Waals surface area (Å²) in [6.45, 7) is 9.27. The van der Waals surface area contributed by atoms with Crippen LogP contribution in [0.5, 0.6) is 5.75 Å². The Morgan fingerprint density at radius 2 is 1.80 bits per heavy atom. The number of unbranched alkanes of at least 4 members (excludes halogenated alkanes) is 3. The van der Waals surface area contributed by atoms with Gasteiger partial charge in [-0.05, 0) is 69.0 Å². The average Bonchev–Trinajstić information content (AvgIpc) is 3.06. The molecule has 0 N–H and O–H groups in total. The zero-order chi connectivity index (χ0) is 17.3. The van der Waals surface area contributed by atoms with Gasteiger partial charge in [0.05, 0.1) is 6.61 Å². The second-order valence-corrected chi connectivity index (χ2v) is 7.69. The fourth-order valence-corrected chi connectivity index (χ4v) is 4.16. The maximum absolute atomic E-state index is 6.03. The minimum absolute atomic E-state index is 0.843. The van der Waals surface area contributed by atoms with Crippen LogP contribution in [0.4, 0.5) is 5.69 Å². The molecule has 0 bridgehead atoms. The third-order valence-corrected chi connectivity index (χ3v) is 5.66. The predicted octanol–water partition coefficient (Wildman–Crippen LogP) is 4.88. The van der Waals surface area contributed by atoms with Crippen LogP contribution in [0.2, 0.25) is 0 Å². The van der Waals surface area contributed by atoms with Crippen LogP contribution in [0.15, 0.2) is 18.2 Å². The van der Waals surface area contributed by atoms with Gasteiger partial charge in [-0.1, -0.05) is 32.6 Å². The van der Waals surface area contributed by atoms with Gasteiger partial charge in [0.2, 0.25) is 0 Å². The summed E-state index contributed by atoms with van der Waals surface area (Å²) in [5, 5.41) is 0. The Labute approximate surface area is 154 Å². The van der Waals surface area contributed by atoms with E-state index in [9.17, 15) is 0 Å². The van der Waals surface area contributed by atoms with Gasteiger partial charge in [-0.15, -0.1) is 0 Å². The minimum Gasteiger partial charge on any atom is -0.494 e. The summed E-state index contributed by atoms with van der Waals surface area (Å²) < 4.78 is 6.03. The molecular formula is C22H36N2O. The minimum atomic E-state index is 0.843. The summed E-state index contributed by atoms with van der Waals surface area (Å²) in [6.07, 6.45) is 11.8. The second-order valence-electron chi connectivity index (χ2n) is 7.69. The van der Waals surface area contributed by atoms with E-state index in [1.165, 1.54) is 95.3 Å². The number of anilines is 1. The quantitative estimate of drug-likeness (QED) is 0.562. The molecule has 3 heteroatoms. The summed E-state index contributed by atoms with van der Waals surface area (Å²) >= 11 is 0. The van der Waals surface area contributed by atoms with E-state index in [-0.39, 0.29) is 0 Å². The molecule has 0 saturated carbocycles. The molecule has 0 unspecified atom stereocenters. The van der Waals surface area contributed by atoms with Crippen molar-refractivity contribution in [2.75, 3.05) is 44.2 Å². The van der Waals surface area contributed by atoms with E-state index in [2.05, 4.69) is 34.9 Å². The Hall–Kier alpha value is -1.22. The lowest BCUT2D eigenvalue weighted by atomic mass is 10.1. The molecule has 1 aromatic rings. The molecule has 1 saturated heterocycles. The summed E-state index contributed by atoms with van der Waals surface area (Å²) in [6, 6.07) is 6.73. The second kappa shape index (κ2) is 10.1. The van der Waals surface area contributed by atoms with Crippen LogP contribution in [0.1, 0.15) is 63.9 Å². The number of hydrogen-bond acceptors (Lipinski definition) is 3. The third kappa shape index (κ3) is 5.64. The van der Waals surface area contributed by atoms with Gasteiger partial charge in [0, 0.05) is 25.3 Å². The van der Waals surface area contributed by atoms with Gasteiger partial charge in [0.1, 0.15) is 5.75 Å². The molecule has 0 atom stereocenters. The molecule has 0 aliphatic carbocycles. The van der Waals surface area contributed by atoms with Crippen molar-refractivity contribution in [1.29, 1.82) is 0 Å². The number of nitrogens with zero attached hydrogens (tertiary/aromatic N) is 2. The molecule has 2 aliphatic rings. The number of ether oxygens (including phenoxy) is 1. The number of piperidine rings is 1. The van der Waals surface area contributed by atoms with Crippen LogP contribution in [-0.2, 0) is 6.42 Å². The van der Waals surface area contributed by atoms with E-state index in [1.807, 2.05) is 0 Å². The van der Waals surface area contributed by atoms with E-state index in [4.69, 9.17) is 4.74 Å². The van der Waals surface area contributed by atoms with E-state index in [1.54, 1.807) is 0 Å². The summed E-state index contributed by atoms with van der Waals surface area (Å²) in [5.41, 5.74) is 2.92. The van der Waals surface area contributed by atoms with Crippen molar-refractivity contribution < 1.29 is 4.74 Å². The van der Waals surface area contributed by atoms with Crippen LogP contribution >= 0.6 is 0 Å². The van der Waals surface area contributed by atoms with Crippen LogP contribution in [0, 0.1) is 0 Å². The maximum Gasteiger partial charge on any atom is 0.119 e. The smallest absolute Gasteiger partial charge is 0.119 e. The Morgan fingerprint density at radius 1 is 0.920 bits per heavy atom. The first-order valence-electron chi connectivity index (χ1n) is 10.6. The van der Waals surface area contributed by atoms with Gasteiger partial charge < -0.3 is 14.5 Å². The van der Waals surface area contributed by atoms with Crippen molar-refractivity contribution in [2.45, 2.75) is 64.7 Å². The topological polar surface area (TPSA) is 15.7 Å². The number of hydrogen-bond donors (Lipinski definition) is 0. The van der Waals surface area contributed by atoms with Gasteiger partial charge in [-0.25, -0.2) is 0 Å². The molecular weight excluding hydrogens is 308 g/mol. The van der Waals surface area contributed by atoms with E-state index >= 15 is 0 Å². The molecule has 1 aromatic carbocycles. The van der Waals surface area contributed by atoms with Crippen molar-refractivity contribution in [3.8, 4) is 5.75 Å². The number of likely N-dealkylation sites (tertiary alicyclic amines) is 1. The first-order chi connectivity index (χ1) is 12.4. The Bertz CT molecular complexity index is 511. The number of fused-ring (bicyclic) bond motifs is 1. The van der Waals surface area contributed by atoms with Gasteiger partial charge in [-0.2, -0.15) is 0 Å². The van der Waals surface area contributed by atoms with Gasteiger partial charge in [0.25, 0.3) is 0 Å². The van der Waals surface area contributed by atoms with Crippen molar-refractivity contribution in [2.24, 2.45) is 0 Å². The van der Waals surface area contributed by atoms with Crippen molar-refractivity contribution >= 4 is 5.69 Å². The summed E-state index contributed by atoms with van der Waals surface area (Å²) in [4.78, 5) is 5.15. The first kappa shape index (κ1) is 18.6. The predicted molar refractivity (Wildman–Crippen MR) is 107 cm³/mol. The van der Waals surface area contributed by atoms with Gasteiger partial charge in [-0.3, -0.25) is 0 Å². The Balaban J connectivity index is 1.39. The monoisotopic (exact) mass is 344 g/mol. The van der Waals surface area contributed by atoms with E-state index < -0.39 is 0 Å². The lowest BCUT2D eigenvalue weighted by Gasteiger charge is -2.26. The van der Waals surface area contributed by atoms with Crippen LogP contribution in [0.3, 0.4) is 0 Å². The van der Waals surface area contributed by atoms with Crippen LogP contribution < -0.4 is 9.64 Å². The van der Waals surface area contributed by atoms with E-state index in [0.29, 0.717) is 0 Å². The molecule has 0 radical (unpaired) electrons. The van der Waals surface area contributed by atoms with E-state index in [0.717, 1.165) is 18.8 Å². The molecule has 25 heavy (non-hydrogen) atoms. The lowest BCUT2D eigenvalue weighted by molar-refractivity contribution is 0.205. The zero-order valence-corrected chi connectivity index (χ0v) is 16.1.